The summed E-state index contributed by atoms with van der Waals surface area (Å²) in [5.74, 6) is 4.71. The highest BCUT2D eigenvalue weighted by molar-refractivity contribution is 9.10. The van der Waals surface area contributed by atoms with E-state index in [2.05, 4.69) is 26.3 Å². The monoisotopic (exact) mass is 327 g/mol. The van der Waals surface area contributed by atoms with E-state index in [9.17, 15) is 8.78 Å². The molecule has 3 N–H and O–H groups in total. The van der Waals surface area contributed by atoms with Gasteiger partial charge in [-0.05, 0) is 41.8 Å². The normalized spacial score (nSPS) is 12.4. The van der Waals surface area contributed by atoms with Crippen molar-refractivity contribution in [2.75, 3.05) is 0 Å². The molecule has 100 valence electrons. The molecule has 6 heteroatoms. The lowest BCUT2D eigenvalue weighted by atomic mass is 10.0. The third kappa shape index (κ3) is 3.79. The quantitative estimate of drug-likeness (QED) is 0.670. The minimum atomic E-state index is -0.432. The number of pyridine rings is 1. The molecule has 0 spiro atoms. The number of nitrogens with two attached hydrogens (primary N) is 1. The van der Waals surface area contributed by atoms with Gasteiger partial charge < -0.3 is 0 Å². The third-order valence-electron chi connectivity index (χ3n) is 2.69. The summed E-state index contributed by atoms with van der Waals surface area (Å²) in [6.45, 7) is 0. The van der Waals surface area contributed by atoms with Gasteiger partial charge >= 0.3 is 0 Å². The number of hydrogen-bond acceptors (Lipinski definition) is 3. The van der Waals surface area contributed by atoms with Gasteiger partial charge in [0.1, 0.15) is 11.6 Å². The first-order chi connectivity index (χ1) is 9.08. The number of benzene rings is 1. The van der Waals surface area contributed by atoms with Crippen LogP contribution in [0.1, 0.15) is 17.2 Å². The Bertz CT molecular complexity index is 557. The van der Waals surface area contributed by atoms with Crippen LogP contribution in [0.4, 0.5) is 8.78 Å². The Morgan fingerprint density at radius 1 is 1.16 bits per heavy atom. The van der Waals surface area contributed by atoms with Crippen molar-refractivity contribution in [3.05, 3.63) is 63.9 Å². The molecule has 2 rings (SSSR count). The van der Waals surface area contributed by atoms with Crippen molar-refractivity contribution < 1.29 is 8.78 Å². The molecule has 0 saturated carbocycles. The molecule has 0 fully saturated rings. The molecular formula is C13H12BrF2N3. The van der Waals surface area contributed by atoms with Crippen molar-refractivity contribution in [1.82, 2.24) is 10.4 Å². The summed E-state index contributed by atoms with van der Waals surface area (Å²) in [5, 5.41) is 0. The van der Waals surface area contributed by atoms with E-state index in [1.165, 1.54) is 24.4 Å². The van der Waals surface area contributed by atoms with Gasteiger partial charge in [-0.3, -0.25) is 16.3 Å². The van der Waals surface area contributed by atoms with Gasteiger partial charge in [0.2, 0.25) is 0 Å². The van der Waals surface area contributed by atoms with Crippen molar-refractivity contribution in [3.8, 4) is 0 Å². The largest absolute Gasteiger partial charge is 0.271 e. The summed E-state index contributed by atoms with van der Waals surface area (Å²) < 4.78 is 27.1. The number of aromatic nitrogens is 1. The molecule has 1 atom stereocenters. The molecule has 2 aromatic rings. The van der Waals surface area contributed by atoms with E-state index in [4.69, 9.17) is 5.84 Å². The van der Waals surface area contributed by atoms with E-state index < -0.39 is 5.82 Å². The maximum atomic E-state index is 13.3. The Balaban J connectivity index is 2.23. The van der Waals surface area contributed by atoms with E-state index in [0.29, 0.717) is 16.5 Å². The number of hydrogen-bond donors (Lipinski definition) is 2. The third-order valence-corrected chi connectivity index (χ3v) is 3.15. The molecule has 1 heterocycles. The first-order valence-corrected chi connectivity index (χ1v) is 6.39. The molecular weight excluding hydrogens is 316 g/mol. The Labute approximate surface area is 117 Å². The van der Waals surface area contributed by atoms with E-state index in [1.54, 1.807) is 6.07 Å². The van der Waals surface area contributed by atoms with Crippen LogP contribution < -0.4 is 11.3 Å². The topological polar surface area (TPSA) is 50.9 Å². The Hall–Kier alpha value is -1.37. The van der Waals surface area contributed by atoms with Crippen molar-refractivity contribution in [3.63, 3.8) is 0 Å². The molecule has 3 nitrogen and oxygen atoms in total. The molecule has 0 radical (unpaired) electrons. The van der Waals surface area contributed by atoms with Crippen LogP contribution in [0.2, 0.25) is 0 Å². The van der Waals surface area contributed by atoms with Crippen LogP contribution in [0.15, 0.2) is 41.1 Å². The van der Waals surface area contributed by atoms with Gasteiger partial charge in [-0.25, -0.2) is 8.78 Å². The summed E-state index contributed by atoms with van der Waals surface area (Å²) in [4.78, 5) is 3.78. The second-order valence-corrected chi connectivity index (χ2v) is 5.05. The molecule has 0 bridgehead atoms. The summed E-state index contributed by atoms with van der Waals surface area (Å²) in [7, 11) is 0. The smallest absolute Gasteiger partial charge is 0.141 e. The van der Waals surface area contributed by atoms with E-state index in [0.717, 1.165) is 11.8 Å². The Morgan fingerprint density at radius 2 is 1.95 bits per heavy atom. The summed E-state index contributed by atoms with van der Waals surface area (Å²) >= 11 is 3.23. The first-order valence-electron chi connectivity index (χ1n) is 5.60. The number of nitrogens with zero attached hydrogens (tertiary/aromatic N) is 1. The number of rotatable bonds is 4. The van der Waals surface area contributed by atoms with Gasteiger partial charge in [-0.2, -0.15) is 0 Å². The molecule has 1 unspecified atom stereocenters. The highest BCUT2D eigenvalue weighted by Gasteiger charge is 2.13. The number of halogens is 3. The van der Waals surface area contributed by atoms with Gasteiger partial charge in [0.25, 0.3) is 0 Å². The fourth-order valence-corrected chi connectivity index (χ4v) is 2.37. The van der Waals surface area contributed by atoms with E-state index >= 15 is 0 Å². The average molecular weight is 328 g/mol. The minimum absolute atomic E-state index is 0.336. The highest BCUT2D eigenvalue weighted by Crippen LogP contribution is 2.21. The van der Waals surface area contributed by atoms with E-state index in [1.807, 2.05) is 0 Å². The lowest BCUT2D eigenvalue weighted by molar-refractivity contribution is 0.538. The second kappa shape index (κ2) is 6.18. The zero-order valence-electron chi connectivity index (χ0n) is 9.91. The van der Waals surface area contributed by atoms with Crippen molar-refractivity contribution in [2.45, 2.75) is 12.5 Å². The van der Waals surface area contributed by atoms with Crippen molar-refractivity contribution in [2.24, 2.45) is 5.84 Å². The number of nitrogens with one attached hydrogen (secondary N) is 1. The SMILES string of the molecule is NNC(Cc1cc(F)cc(Br)c1)c1cncc(F)c1. The predicted octanol–water partition coefficient (Wildman–Crippen LogP) is 2.87. The minimum Gasteiger partial charge on any atom is -0.271 e. The van der Waals surface area contributed by atoms with Crippen LogP contribution in [0.3, 0.4) is 0 Å². The van der Waals surface area contributed by atoms with Gasteiger partial charge in [-0.1, -0.05) is 15.9 Å². The lowest BCUT2D eigenvalue weighted by Gasteiger charge is -2.16. The van der Waals surface area contributed by atoms with Crippen LogP contribution in [0, 0.1) is 11.6 Å². The van der Waals surface area contributed by atoms with Gasteiger partial charge in [0.05, 0.1) is 12.2 Å². The number of hydrazine groups is 1. The highest BCUT2D eigenvalue weighted by atomic mass is 79.9. The molecule has 0 amide bonds. The summed E-state index contributed by atoms with van der Waals surface area (Å²) in [5.41, 5.74) is 3.95. The van der Waals surface area contributed by atoms with Crippen LogP contribution in [0.25, 0.3) is 0 Å². The maximum Gasteiger partial charge on any atom is 0.141 e. The Kier molecular flexibility index (Phi) is 4.57. The van der Waals surface area contributed by atoms with Gasteiger partial charge in [-0.15, -0.1) is 0 Å². The summed E-state index contributed by atoms with van der Waals surface area (Å²) in [6.07, 6.45) is 3.08. The van der Waals surface area contributed by atoms with Crippen molar-refractivity contribution >= 4 is 15.9 Å². The van der Waals surface area contributed by atoms with E-state index in [-0.39, 0.29) is 11.9 Å². The van der Waals surface area contributed by atoms with Crippen LogP contribution in [-0.2, 0) is 6.42 Å². The van der Waals surface area contributed by atoms with Crippen LogP contribution in [-0.4, -0.2) is 4.98 Å². The maximum absolute atomic E-state index is 13.3. The molecule has 0 aliphatic carbocycles. The first kappa shape index (κ1) is 14.0. The second-order valence-electron chi connectivity index (χ2n) is 4.14. The fourth-order valence-electron chi connectivity index (χ4n) is 1.86. The molecule has 0 saturated heterocycles. The molecule has 19 heavy (non-hydrogen) atoms. The van der Waals surface area contributed by atoms with Crippen LogP contribution >= 0.6 is 15.9 Å². The van der Waals surface area contributed by atoms with Gasteiger partial charge in [0, 0.05) is 10.7 Å². The van der Waals surface area contributed by atoms with Crippen molar-refractivity contribution in [1.29, 1.82) is 0 Å². The molecule has 1 aromatic carbocycles. The Morgan fingerprint density at radius 3 is 2.58 bits per heavy atom. The fraction of sp³-hybridized carbons (Fsp3) is 0.154. The zero-order chi connectivity index (χ0) is 13.8. The van der Waals surface area contributed by atoms with Crippen LogP contribution in [0.5, 0.6) is 0 Å². The predicted molar refractivity (Wildman–Crippen MR) is 72.1 cm³/mol. The standard InChI is InChI=1S/C13H12BrF2N3/c14-10-1-8(2-11(15)5-10)3-13(19-17)9-4-12(16)7-18-6-9/h1-2,4-7,13,19H,3,17H2. The molecule has 0 aliphatic rings. The molecule has 1 aromatic heterocycles. The van der Waals surface area contributed by atoms with Gasteiger partial charge in [0.15, 0.2) is 0 Å². The summed E-state index contributed by atoms with van der Waals surface area (Å²) in [6, 6.07) is 5.60. The molecule has 0 aliphatic heterocycles. The lowest BCUT2D eigenvalue weighted by Crippen LogP contribution is -2.29. The zero-order valence-corrected chi connectivity index (χ0v) is 11.5. The average Bonchev–Trinajstić information content (AvgIpc) is 2.34.